The summed E-state index contributed by atoms with van der Waals surface area (Å²) < 4.78 is 2.24. The van der Waals surface area contributed by atoms with Gasteiger partial charge in [0.15, 0.2) is 0 Å². The van der Waals surface area contributed by atoms with Gasteiger partial charge in [0.25, 0.3) is 0 Å². The Morgan fingerprint density at radius 1 is 0.667 bits per heavy atom. The Hall–Kier alpha value is -3.39. The standard InChI is InChI=1S/C25H20N2/c1-17-9-3-5-11-19(17)23-21-13-7-8-14-22(21)25-26-15-16-27(25)24(23)20-12-6-4-10-18(20)2/h3-16H,1-2H3. The van der Waals surface area contributed by atoms with Crippen LogP contribution in [-0.4, -0.2) is 9.38 Å². The SMILES string of the molecule is Cc1ccccc1-c1c(-c2ccccc2C)n2ccnc2c2ccccc12. The predicted octanol–water partition coefficient (Wildman–Crippen LogP) is 6.44. The van der Waals surface area contributed by atoms with E-state index in [4.69, 9.17) is 0 Å². The van der Waals surface area contributed by atoms with Crippen molar-refractivity contribution in [3.05, 3.63) is 96.3 Å². The second kappa shape index (κ2) is 6.10. The van der Waals surface area contributed by atoms with Crippen molar-refractivity contribution in [3.63, 3.8) is 0 Å². The molecule has 0 unspecified atom stereocenters. The lowest BCUT2D eigenvalue weighted by Gasteiger charge is -2.19. The molecule has 2 nitrogen and oxygen atoms in total. The quantitative estimate of drug-likeness (QED) is 0.359. The summed E-state index contributed by atoms with van der Waals surface area (Å²) in [6.07, 6.45) is 3.97. The van der Waals surface area contributed by atoms with Crippen LogP contribution >= 0.6 is 0 Å². The van der Waals surface area contributed by atoms with Crippen LogP contribution in [0.2, 0.25) is 0 Å². The Labute approximate surface area is 158 Å². The van der Waals surface area contributed by atoms with Gasteiger partial charge in [-0.25, -0.2) is 4.98 Å². The molecule has 0 aliphatic carbocycles. The Balaban J connectivity index is 2.07. The largest absolute Gasteiger partial charge is 0.299 e. The smallest absolute Gasteiger partial charge is 0.145 e. The molecular formula is C25H20N2. The van der Waals surface area contributed by atoms with Gasteiger partial charge in [0.1, 0.15) is 5.65 Å². The summed E-state index contributed by atoms with van der Waals surface area (Å²) >= 11 is 0. The lowest BCUT2D eigenvalue weighted by Crippen LogP contribution is -2.00. The number of hydrogen-bond acceptors (Lipinski definition) is 1. The fourth-order valence-corrected chi connectivity index (χ4v) is 4.06. The van der Waals surface area contributed by atoms with E-state index in [9.17, 15) is 0 Å². The van der Waals surface area contributed by atoms with Crippen LogP contribution in [0.4, 0.5) is 0 Å². The molecule has 130 valence electrons. The molecule has 0 N–H and O–H groups in total. The molecule has 5 rings (SSSR count). The van der Waals surface area contributed by atoms with Crippen molar-refractivity contribution in [2.45, 2.75) is 13.8 Å². The van der Waals surface area contributed by atoms with E-state index in [2.05, 4.69) is 102 Å². The van der Waals surface area contributed by atoms with Crippen molar-refractivity contribution in [1.82, 2.24) is 9.38 Å². The average molecular weight is 348 g/mol. The van der Waals surface area contributed by atoms with E-state index in [1.807, 2.05) is 6.20 Å². The third kappa shape index (κ3) is 2.37. The summed E-state index contributed by atoms with van der Waals surface area (Å²) in [5, 5.41) is 2.42. The molecule has 0 saturated carbocycles. The second-order valence-corrected chi connectivity index (χ2v) is 7.02. The first-order chi connectivity index (χ1) is 13.3. The normalized spacial score (nSPS) is 11.3. The van der Waals surface area contributed by atoms with Gasteiger partial charge in [0.05, 0.1) is 5.69 Å². The number of benzene rings is 3. The lowest BCUT2D eigenvalue weighted by molar-refractivity contribution is 1.20. The van der Waals surface area contributed by atoms with E-state index >= 15 is 0 Å². The molecular weight excluding hydrogens is 328 g/mol. The highest BCUT2D eigenvalue weighted by Crippen LogP contribution is 2.41. The van der Waals surface area contributed by atoms with Gasteiger partial charge in [-0.15, -0.1) is 0 Å². The van der Waals surface area contributed by atoms with Crippen molar-refractivity contribution in [1.29, 1.82) is 0 Å². The van der Waals surface area contributed by atoms with Crippen LogP contribution in [0.25, 0.3) is 38.8 Å². The molecule has 2 heterocycles. The highest BCUT2D eigenvalue weighted by atomic mass is 15.0. The fourth-order valence-electron chi connectivity index (χ4n) is 4.06. The van der Waals surface area contributed by atoms with E-state index < -0.39 is 0 Å². The van der Waals surface area contributed by atoms with Crippen molar-refractivity contribution in [2.75, 3.05) is 0 Å². The zero-order chi connectivity index (χ0) is 18.4. The van der Waals surface area contributed by atoms with Crippen molar-refractivity contribution >= 4 is 16.4 Å². The number of aromatic nitrogens is 2. The molecule has 2 aromatic heterocycles. The summed E-state index contributed by atoms with van der Waals surface area (Å²) in [7, 11) is 0. The maximum atomic E-state index is 4.68. The molecule has 0 aliphatic rings. The van der Waals surface area contributed by atoms with Crippen LogP contribution < -0.4 is 0 Å². The highest BCUT2D eigenvalue weighted by Gasteiger charge is 2.19. The molecule has 2 heteroatoms. The number of fused-ring (bicyclic) bond motifs is 3. The van der Waals surface area contributed by atoms with E-state index in [-0.39, 0.29) is 0 Å². The topological polar surface area (TPSA) is 17.3 Å². The molecule has 0 atom stereocenters. The molecule has 0 saturated heterocycles. The van der Waals surface area contributed by atoms with Crippen molar-refractivity contribution in [2.24, 2.45) is 0 Å². The molecule has 0 bridgehead atoms. The number of imidazole rings is 1. The van der Waals surface area contributed by atoms with Crippen LogP contribution in [0, 0.1) is 13.8 Å². The Kier molecular flexibility index (Phi) is 3.58. The zero-order valence-electron chi connectivity index (χ0n) is 15.5. The van der Waals surface area contributed by atoms with Gasteiger partial charge in [-0.05, 0) is 35.9 Å². The van der Waals surface area contributed by atoms with Crippen molar-refractivity contribution in [3.8, 4) is 22.4 Å². The summed E-state index contributed by atoms with van der Waals surface area (Å²) in [5.41, 5.74) is 8.51. The number of pyridine rings is 1. The molecule has 5 aromatic rings. The average Bonchev–Trinajstić information content (AvgIpc) is 3.18. The number of rotatable bonds is 2. The van der Waals surface area contributed by atoms with E-state index in [0.29, 0.717) is 0 Å². The minimum absolute atomic E-state index is 1.00. The Morgan fingerprint density at radius 2 is 1.26 bits per heavy atom. The minimum Gasteiger partial charge on any atom is -0.299 e. The van der Waals surface area contributed by atoms with E-state index in [1.165, 1.54) is 44.3 Å². The Bertz CT molecular complexity index is 1290. The van der Waals surface area contributed by atoms with Gasteiger partial charge < -0.3 is 0 Å². The van der Waals surface area contributed by atoms with Crippen LogP contribution in [-0.2, 0) is 0 Å². The van der Waals surface area contributed by atoms with E-state index in [1.54, 1.807) is 0 Å². The molecule has 0 amide bonds. The second-order valence-electron chi connectivity index (χ2n) is 7.02. The molecule has 0 spiro atoms. The van der Waals surface area contributed by atoms with Gasteiger partial charge in [-0.1, -0.05) is 72.8 Å². The van der Waals surface area contributed by atoms with Gasteiger partial charge in [0, 0.05) is 28.9 Å². The first kappa shape index (κ1) is 15.8. The highest BCUT2D eigenvalue weighted by molar-refractivity contribution is 6.09. The third-order valence-corrected chi connectivity index (χ3v) is 5.37. The van der Waals surface area contributed by atoms with Gasteiger partial charge in [-0.3, -0.25) is 4.40 Å². The fraction of sp³-hybridized carbons (Fsp3) is 0.0800. The first-order valence-corrected chi connectivity index (χ1v) is 9.25. The number of hydrogen-bond donors (Lipinski definition) is 0. The van der Waals surface area contributed by atoms with Gasteiger partial charge in [-0.2, -0.15) is 0 Å². The van der Waals surface area contributed by atoms with Crippen LogP contribution in [0.15, 0.2) is 85.2 Å². The Morgan fingerprint density at radius 3 is 1.96 bits per heavy atom. The maximum absolute atomic E-state index is 4.68. The summed E-state index contributed by atoms with van der Waals surface area (Å²) in [6, 6.07) is 25.8. The number of nitrogens with zero attached hydrogens (tertiary/aromatic N) is 2. The number of aryl methyl sites for hydroxylation is 2. The third-order valence-electron chi connectivity index (χ3n) is 5.37. The summed E-state index contributed by atoms with van der Waals surface area (Å²) in [4.78, 5) is 4.68. The summed E-state index contributed by atoms with van der Waals surface area (Å²) in [6.45, 7) is 4.36. The van der Waals surface area contributed by atoms with Crippen molar-refractivity contribution < 1.29 is 0 Å². The minimum atomic E-state index is 1.00. The molecule has 0 aliphatic heterocycles. The maximum Gasteiger partial charge on any atom is 0.145 e. The van der Waals surface area contributed by atoms with E-state index in [0.717, 1.165) is 5.65 Å². The summed E-state index contributed by atoms with van der Waals surface area (Å²) in [5.74, 6) is 0. The molecule has 0 radical (unpaired) electrons. The van der Waals surface area contributed by atoms with Crippen LogP contribution in [0.3, 0.4) is 0 Å². The molecule has 27 heavy (non-hydrogen) atoms. The predicted molar refractivity (Wildman–Crippen MR) is 113 cm³/mol. The lowest BCUT2D eigenvalue weighted by atomic mass is 9.90. The first-order valence-electron chi connectivity index (χ1n) is 9.25. The van der Waals surface area contributed by atoms with Crippen LogP contribution in [0.1, 0.15) is 11.1 Å². The zero-order valence-corrected chi connectivity index (χ0v) is 15.5. The van der Waals surface area contributed by atoms with Crippen LogP contribution in [0.5, 0.6) is 0 Å². The van der Waals surface area contributed by atoms with Gasteiger partial charge in [0.2, 0.25) is 0 Å². The molecule has 0 fully saturated rings. The van der Waals surface area contributed by atoms with Gasteiger partial charge >= 0.3 is 0 Å². The molecule has 3 aromatic carbocycles. The monoisotopic (exact) mass is 348 g/mol.